The van der Waals surface area contributed by atoms with Crippen LogP contribution in [-0.4, -0.2) is 43.7 Å². The maximum absolute atomic E-state index is 11.3. The van der Waals surface area contributed by atoms with Gasteiger partial charge in [-0.2, -0.15) is 0 Å². The van der Waals surface area contributed by atoms with Crippen LogP contribution in [-0.2, 0) is 0 Å². The summed E-state index contributed by atoms with van der Waals surface area (Å²) in [5.74, 6) is 2.01. The molecule has 1 atom stereocenters. The molecule has 3 N–H and O–H groups in total. The largest absolute Gasteiger partial charge is 0.492 e. The number of nitrogens with one attached hydrogen (secondary N) is 2. The molecule has 110 valence electrons. The molecule has 0 saturated carbocycles. The average molecular weight is 282 g/mol. The molecule has 0 fully saturated rings. The molecule has 1 aliphatic heterocycles. The van der Waals surface area contributed by atoms with Gasteiger partial charge in [-0.05, 0) is 19.1 Å². The molecular formula is C13H18N2O5. The summed E-state index contributed by atoms with van der Waals surface area (Å²) < 4.78 is 15.9. The van der Waals surface area contributed by atoms with E-state index in [4.69, 9.17) is 19.3 Å². The zero-order valence-corrected chi connectivity index (χ0v) is 11.2. The molecule has 1 aromatic carbocycles. The highest BCUT2D eigenvalue weighted by molar-refractivity contribution is 5.73. The second-order valence-corrected chi connectivity index (χ2v) is 4.35. The van der Waals surface area contributed by atoms with Crippen molar-refractivity contribution in [2.24, 2.45) is 0 Å². The number of hydrogen-bond donors (Lipinski definition) is 3. The lowest BCUT2D eigenvalue weighted by Crippen LogP contribution is -2.40. The molecule has 0 aromatic heterocycles. The number of urea groups is 1. The highest BCUT2D eigenvalue weighted by atomic mass is 16.7. The van der Waals surface area contributed by atoms with E-state index in [2.05, 4.69) is 10.6 Å². The lowest BCUT2D eigenvalue weighted by molar-refractivity contribution is 0.173. The van der Waals surface area contributed by atoms with Crippen LogP contribution in [0.5, 0.6) is 17.2 Å². The molecule has 0 bridgehead atoms. The van der Waals surface area contributed by atoms with Gasteiger partial charge in [0.1, 0.15) is 12.4 Å². The smallest absolute Gasteiger partial charge is 0.314 e. The van der Waals surface area contributed by atoms with Crippen LogP contribution in [0.25, 0.3) is 0 Å². The molecule has 0 unspecified atom stereocenters. The van der Waals surface area contributed by atoms with Crippen LogP contribution in [0.3, 0.4) is 0 Å². The molecule has 2 amide bonds. The minimum atomic E-state index is -0.564. The van der Waals surface area contributed by atoms with E-state index in [-0.39, 0.29) is 19.4 Å². The van der Waals surface area contributed by atoms with Crippen molar-refractivity contribution in [2.75, 3.05) is 26.5 Å². The van der Waals surface area contributed by atoms with Gasteiger partial charge in [0, 0.05) is 12.6 Å². The van der Waals surface area contributed by atoms with Gasteiger partial charge in [0.25, 0.3) is 0 Å². The quantitative estimate of drug-likeness (QED) is 0.660. The van der Waals surface area contributed by atoms with Crippen molar-refractivity contribution in [3.8, 4) is 17.2 Å². The van der Waals surface area contributed by atoms with Gasteiger partial charge in [-0.1, -0.05) is 0 Å². The number of ether oxygens (including phenoxy) is 3. The van der Waals surface area contributed by atoms with Gasteiger partial charge in [-0.15, -0.1) is 0 Å². The third-order valence-electron chi connectivity index (χ3n) is 2.56. The zero-order chi connectivity index (χ0) is 14.4. The minimum absolute atomic E-state index is 0.217. The van der Waals surface area contributed by atoms with Crippen LogP contribution >= 0.6 is 0 Å². The van der Waals surface area contributed by atoms with Gasteiger partial charge in [0.2, 0.25) is 6.79 Å². The van der Waals surface area contributed by atoms with Crippen molar-refractivity contribution in [2.45, 2.75) is 13.0 Å². The van der Waals surface area contributed by atoms with E-state index >= 15 is 0 Å². The van der Waals surface area contributed by atoms with Crippen LogP contribution in [0.2, 0.25) is 0 Å². The Hall–Kier alpha value is -2.15. The predicted octanol–water partition coefficient (Wildman–Crippen LogP) is 0.474. The number of aliphatic hydroxyl groups excluding tert-OH is 1. The number of rotatable bonds is 6. The Balaban J connectivity index is 1.65. The number of benzene rings is 1. The van der Waals surface area contributed by atoms with E-state index in [1.807, 2.05) is 0 Å². The first-order valence-electron chi connectivity index (χ1n) is 6.37. The molecule has 0 aliphatic carbocycles. The molecule has 0 saturated heterocycles. The molecule has 0 radical (unpaired) electrons. The lowest BCUT2D eigenvalue weighted by atomic mass is 10.3. The van der Waals surface area contributed by atoms with Crippen LogP contribution in [0.4, 0.5) is 4.79 Å². The average Bonchev–Trinajstić information content (AvgIpc) is 2.88. The van der Waals surface area contributed by atoms with Crippen molar-refractivity contribution in [3.05, 3.63) is 18.2 Å². The Kier molecular flexibility index (Phi) is 4.89. The first-order chi connectivity index (χ1) is 9.65. The third-order valence-corrected chi connectivity index (χ3v) is 2.56. The summed E-state index contributed by atoms with van der Waals surface area (Å²) in [4.78, 5) is 11.3. The summed E-state index contributed by atoms with van der Waals surface area (Å²) in [7, 11) is 0. The molecular weight excluding hydrogens is 264 g/mol. The van der Waals surface area contributed by atoms with Crippen molar-refractivity contribution < 1.29 is 24.1 Å². The summed E-state index contributed by atoms with van der Waals surface area (Å²) in [5.41, 5.74) is 0. The highest BCUT2D eigenvalue weighted by Crippen LogP contribution is 2.34. The summed E-state index contributed by atoms with van der Waals surface area (Å²) in [5, 5.41) is 14.2. The standard InChI is InChI=1S/C13H18N2O5/c1-9(16)7-15-13(17)14-4-5-18-10-2-3-11-12(6-10)20-8-19-11/h2-3,6,9,16H,4-5,7-8H2,1H3,(H2,14,15,17)/t9-/m0/s1. The van der Waals surface area contributed by atoms with E-state index in [0.717, 1.165) is 0 Å². The van der Waals surface area contributed by atoms with Crippen molar-refractivity contribution in [1.29, 1.82) is 0 Å². The normalized spacial score (nSPS) is 13.7. The van der Waals surface area contributed by atoms with E-state index in [1.54, 1.807) is 25.1 Å². The van der Waals surface area contributed by atoms with Gasteiger partial charge < -0.3 is 30.0 Å². The fourth-order valence-electron chi connectivity index (χ4n) is 1.60. The summed E-state index contributed by atoms with van der Waals surface area (Å²) >= 11 is 0. The lowest BCUT2D eigenvalue weighted by Gasteiger charge is -2.10. The number of hydrogen-bond acceptors (Lipinski definition) is 5. The van der Waals surface area contributed by atoms with E-state index in [0.29, 0.717) is 30.4 Å². The van der Waals surface area contributed by atoms with E-state index in [1.165, 1.54) is 0 Å². The molecule has 7 heteroatoms. The maximum Gasteiger partial charge on any atom is 0.314 e. The van der Waals surface area contributed by atoms with Crippen molar-refractivity contribution in [1.82, 2.24) is 10.6 Å². The number of fused-ring (bicyclic) bond motifs is 1. The molecule has 1 aromatic rings. The van der Waals surface area contributed by atoms with E-state index < -0.39 is 6.10 Å². The van der Waals surface area contributed by atoms with Crippen molar-refractivity contribution >= 4 is 6.03 Å². The van der Waals surface area contributed by atoms with Gasteiger partial charge in [-0.3, -0.25) is 0 Å². The molecule has 2 rings (SSSR count). The Bertz CT molecular complexity index is 464. The Morgan fingerprint density at radius 3 is 3.00 bits per heavy atom. The van der Waals surface area contributed by atoms with Crippen LogP contribution < -0.4 is 24.8 Å². The monoisotopic (exact) mass is 282 g/mol. The molecule has 0 spiro atoms. The second kappa shape index (κ2) is 6.85. The van der Waals surface area contributed by atoms with Gasteiger partial charge in [0.15, 0.2) is 11.5 Å². The first-order valence-corrected chi connectivity index (χ1v) is 6.37. The summed E-state index contributed by atoms with van der Waals surface area (Å²) in [6.07, 6.45) is -0.564. The summed E-state index contributed by atoms with van der Waals surface area (Å²) in [6.45, 7) is 2.74. The topological polar surface area (TPSA) is 89.1 Å². The number of carbonyl (C=O) groups excluding carboxylic acids is 1. The molecule has 1 heterocycles. The highest BCUT2D eigenvalue weighted by Gasteiger charge is 2.13. The number of amides is 2. The molecule has 20 heavy (non-hydrogen) atoms. The number of carbonyl (C=O) groups is 1. The van der Waals surface area contributed by atoms with E-state index in [9.17, 15) is 4.79 Å². The molecule has 7 nitrogen and oxygen atoms in total. The minimum Gasteiger partial charge on any atom is -0.492 e. The zero-order valence-electron chi connectivity index (χ0n) is 11.2. The van der Waals surface area contributed by atoms with Gasteiger partial charge >= 0.3 is 6.03 Å². The fraction of sp³-hybridized carbons (Fsp3) is 0.462. The van der Waals surface area contributed by atoms with Crippen LogP contribution in [0, 0.1) is 0 Å². The summed E-state index contributed by atoms with van der Waals surface area (Å²) in [6, 6.07) is 4.97. The Labute approximate surface area is 116 Å². The van der Waals surface area contributed by atoms with Crippen LogP contribution in [0.15, 0.2) is 18.2 Å². The maximum atomic E-state index is 11.3. The first kappa shape index (κ1) is 14.3. The van der Waals surface area contributed by atoms with Gasteiger partial charge in [-0.25, -0.2) is 4.79 Å². The second-order valence-electron chi connectivity index (χ2n) is 4.35. The predicted molar refractivity (Wildman–Crippen MR) is 71.1 cm³/mol. The number of aliphatic hydroxyl groups is 1. The fourth-order valence-corrected chi connectivity index (χ4v) is 1.60. The van der Waals surface area contributed by atoms with Crippen molar-refractivity contribution in [3.63, 3.8) is 0 Å². The van der Waals surface area contributed by atoms with Gasteiger partial charge in [0.05, 0.1) is 12.6 Å². The molecule has 1 aliphatic rings. The SMILES string of the molecule is C[C@H](O)CNC(=O)NCCOc1ccc2c(c1)OCO2. The third kappa shape index (κ3) is 4.20. The Morgan fingerprint density at radius 2 is 2.20 bits per heavy atom. The Morgan fingerprint density at radius 1 is 1.40 bits per heavy atom. The van der Waals surface area contributed by atoms with Crippen LogP contribution in [0.1, 0.15) is 6.92 Å².